The van der Waals surface area contributed by atoms with Crippen LogP contribution in [0, 0.1) is 0 Å². The highest BCUT2D eigenvalue weighted by molar-refractivity contribution is 7.10. The topological polar surface area (TPSA) is 75.2 Å². The summed E-state index contributed by atoms with van der Waals surface area (Å²) in [4.78, 5) is 28.8. The van der Waals surface area contributed by atoms with E-state index in [9.17, 15) is 9.59 Å². The van der Waals surface area contributed by atoms with Crippen LogP contribution >= 0.6 is 22.9 Å². The predicted molar refractivity (Wildman–Crippen MR) is 109 cm³/mol. The van der Waals surface area contributed by atoms with Crippen LogP contribution in [-0.2, 0) is 11.2 Å². The number of nitrogens with zero attached hydrogens (tertiary/aromatic N) is 3. The van der Waals surface area contributed by atoms with Gasteiger partial charge < -0.3 is 10.2 Å². The molecule has 1 saturated carbocycles. The fourth-order valence-corrected chi connectivity index (χ4v) is 4.40. The van der Waals surface area contributed by atoms with Gasteiger partial charge in [-0.15, -0.1) is 16.4 Å². The number of benzene rings is 1. The van der Waals surface area contributed by atoms with Gasteiger partial charge in [-0.1, -0.05) is 40.9 Å². The van der Waals surface area contributed by atoms with E-state index in [1.54, 1.807) is 10.3 Å². The molecule has 0 radical (unpaired) electrons. The van der Waals surface area contributed by atoms with E-state index in [2.05, 4.69) is 14.9 Å². The first-order chi connectivity index (χ1) is 13.7. The first kappa shape index (κ1) is 18.8. The van der Waals surface area contributed by atoms with Crippen molar-refractivity contribution >= 4 is 34.7 Å². The molecular formula is C20H20N4O2S2. The molecule has 6 nitrogen and oxygen atoms in total. The molecule has 1 atom stereocenters. The van der Waals surface area contributed by atoms with Crippen molar-refractivity contribution < 1.29 is 9.59 Å². The maximum absolute atomic E-state index is 13.1. The molecule has 1 aromatic carbocycles. The van der Waals surface area contributed by atoms with Crippen molar-refractivity contribution in [1.82, 2.24) is 19.8 Å². The molecule has 144 valence electrons. The van der Waals surface area contributed by atoms with Gasteiger partial charge >= 0.3 is 0 Å². The van der Waals surface area contributed by atoms with Gasteiger partial charge in [0.1, 0.15) is 6.04 Å². The highest BCUT2D eigenvalue weighted by atomic mass is 32.1. The standard InChI is InChI=1S/C20H20N4O2S2/c25-19(21-11-10-14-5-2-1-3-6-14)18(17-7-4-12-27-17)24(15-8-9-15)20(26)16-13-28-23-22-16/h1-7,12-13,15,18H,8-11H2,(H,21,25)/t18-/m1/s1. The Morgan fingerprint density at radius 2 is 2.00 bits per heavy atom. The molecule has 1 N–H and O–H groups in total. The van der Waals surface area contributed by atoms with Gasteiger partial charge in [0.25, 0.3) is 5.91 Å². The number of carbonyl (C=O) groups excluding carboxylic acids is 2. The van der Waals surface area contributed by atoms with Gasteiger partial charge in [-0.05, 0) is 47.8 Å². The number of nitrogens with one attached hydrogen (secondary N) is 1. The van der Waals surface area contributed by atoms with E-state index >= 15 is 0 Å². The summed E-state index contributed by atoms with van der Waals surface area (Å²) in [7, 11) is 0. The maximum atomic E-state index is 13.1. The minimum absolute atomic E-state index is 0.0705. The molecule has 1 fully saturated rings. The van der Waals surface area contributed by atoms with E-state index in [0.717, 1.165) is 35.7 Å². The van der Waals surface area contributed by atoms with Crippen LogP contribution in [0.1, 0.15) is 39.8 Å². The van der Waals surface area contributed by atoms with Gasteiger partial charge in [-0.25, -0.2) is 0 Å². The van der Waals surface area contributed by atoms with Crippen LogP contribution in [0.5, 0.6) is 0 Å². The molecule has 0 unspecified atom stereocenters. The van der Waals surface area contributed by atoms with Gasteiger partial charge in [-0.2, -0.15) is 0 Å². The summed E-state index contributed by atoms with van der Waals surface area (Å²) in [6, 6.07) is 13.3. The molecule has 2 amide bonds. The summed E-state index contributed by atoms with van der Waals surface area (Å²) in [6.45, 7) is 0.523. The van der Waals surface area contributed by atoms with Crippen molar-refractivity contribution in [2.75, 3.05) is 6.54 Å². The molecule has 3 aromatic rings. The second-order valence-electron chi connectivity index (χ2n) is 6.68. The van der Waals surface area contributed by atoms with Crippen LogP contribution < -0.4 is 5.32 Å². The van der Waals surface area contributed by atoms with Crippen LogP contribution in [0.15, 0.2) is 53.2 Å². The number of rotatable bonds is 8. The van der Waals surface area contributed by atoms with Crippen LogP contribution in [0.3, 0.4) is 0 Å². The molecule has 0 saturated heterocycles. The summed E-state index contributed by atoms with van der Waals surface area (Å²) >= 11 is 2.63. The molecule has 1 aliphatic carbocycles. The van der Waals surface area contributed by atoms with Crippen molar-refractivity contribution in [3.63, 3.8) is 0 Å². The van der Waals surface area contributed by atoms with E-state index in [4.69, 9.17) is 0 Å². The fourth-order valence-electron chi connectivity index (χ4n) is 3.15. The van der Waals surface area contributed by atoms with Crippen molar-refractivity contribution in [3.05, 3.63) is 69.4 Å². The van der Waals surface area contributed by atoms with Gasteiger partial charge in [-0.3, -0.25) is 9.59 Å². The first-order valence-electron chi connectivity index (χ1n) is 9.19. The lowest BCUT2D eigenvalue weighted by atomic mass is 10.1. The molecular weight excluding hydrogens is 392 g/mol. The summed E-state index contributed by atoms with van der Waals surface area (Å²) in [5.41, 5.74) is 1.47. The Morgan fingerprint density at radius 1 is 1.18 bits per heavy atom. The normalized spacial score (nSPS) is 14.4. The highest BCUT2D eigenvalue weighted by Crippen LogP contribution is 2.37. The fraction of sp³-hybridized carbons (Fsp3) is 0.300. The van der Waals surface area contributed by atoms with Gasteiger partial charge in [0.2, 0.25) is 5.91 Å². The highest BCUT2D eigenvalue weighted by Gasteiger charge is 2.42. The van der Waals surface area contributed by atoms with E-state index in [-0.39, 0.29) is 17.9 Å². The Bertz CT molecular complexity index is 909. The van der Waals surface area contributed by atoms with E-state index < -0.39 is 6.04 Å². The molecule has 2 heterocycles. The predicted octanol–water partition coefficient (Wildman–Crippen LogP) is 3.30. The number of hydrogen-bond donors (Lipinski definition) is 1. The Kier molecular flexibility index (Phi) is 5.78. The van der Waals surface area contributed by atoms with Gasteiger partial charge in [0.15, 0.2) is 5.69 Å². The lowest BCUT2D eigenvalue weighted by Crippen LogP contribution is -2.45. The van der Waals surface area contributed by atoms with E-state index in [0.29, 0.717) is 12.2 Å². The zero-order valence-electron chi connectivity index (χ0n) is 15.2. The summed E-state index contributed by atoms with van der Waals surface area (Å²) in [6.07, 6.45) is 2.56. The zero-order valence-corrected chi connectivity index (χ0v) is 16.8. The molecule has 0 aliphatic heterocycles. The Balaban J connectivity index is 1.52. The van der Waals surface area contributed by atoms with Crippen molar-refractivity contribution in [1.29, 1.82) is 0 Å². The summed E-state index contributed by atoms with van der Waals surface area (Å²) in [5, 5.41) is 10.5. The zero-order chi connectivity index (χ0) is 19.3. The van der Waals surface area contributed by atoms with Crippen LogP contribution in [0.2, 0.25) is 0 Å². The third kappa shape index (κ3) is 4.28. The van der Waals surface area contributed by atoms with Crippen molar-refractivity contribution in [2.45, 2.75) is 31.3 Å². The Hall–Kier alpha value is -2.58. The molecule has 0 bridgehead atoms. The SMILES string of the molecule is O=C(NCCc1ccccc1)[C@@H](c1cccs1)N(C(=O)c1csnn1)C1CC1. The third-order valence-corrected chi connectivity index (χ3v) is 6.08. The molecule has 0 spiro atoms. The minimum atomic E-state index is -0.641. The van der Waals surface area contributed by atoms with Gasteiger partial charge in [0.05, 0.1) is 0 Å². The molecule has 1 aliphatic rings. The van der Waals surface area contributed by atoms with Gasteiger partial charge in [0, 0.05) is 22.8 Å². The number of thiophene rings is 1. The second-order valence-corrected chi connectivity index (χ2v) is 8.27. The summed E-state index contributed by atoms with van der Waals surface area (Å²) in [5.74, 6) is -0.380. The molecule has 8 heteroatoms. The number of amides is 2. The minimum Gasteiger partial charge on any atom is -0.354 e. The number of carbonyl (C=O) groups is 2. The quantitative estimate of drug-likeness (QED) is 0.616. The largest absolute Gasteiger partial charge is 0.354 e. The molecule has 2 aromatic heterocycles. The lowest BCUT2D eigenvalue weighted by Gasteiger charge is -2.30. The van der Waals surface area contributed by atoms with Crippen LogP contribution in [0.4, 0.5) is 0 Å². The molecule has 28 heavy (non-hydrogen) atoms. The maximum Gasteiger partial charge on any atom is 0.276 e. The first-order valence-corrected chi connectivity index (χ1v) is 10.9. The number of aromatic nitrogens is 2. The van der Waals surface area contributed by atoms with Crippen molar-refractivity contribution in [2.24, 2.45) is 0 Å². The average Bonchev–Trinajstić information content (AvgIpc) is 3.18. The third-order valence-electron chi connectivity index (χ3n) is 4.65. The lowest BCUT2D eigenvalue weighted by molar-refractivity contribution is -0.126. The van der Waals surface area contributed by atoms with Crippen LogP contribution in [-0.4, -0.2) is 38.9 Å². The molecule has 4 rings (SSSR count). The van der Waals surface area contributed by atoms with E-state index in [1.807, 2.05) is 47.8 Å². The summed E-state index contributed by atoms with van der Waals surface area (Å²) < 4.78 is 3.80. The second kappa shape index (κ2) is 8.62. The average molecular weight is 413 g/mol. The Labute approximate surface area is 171 Å². The number of hydrogen-bond acceptors (Lipinski definition) is 6. The van der Waals surface area contributed by atoms with Crippen molar-refractivity contribution in [3.8, 4) is 0 Å². The Morgan fingerprint density at radius 3 is 2.64 bits per heavy atom. The smallest absolute Gasteiger partial charge is 0.276 e. The monoisotopic (exact) mass is 412 g/mol. The van der Waals surface area contributed by atoms with E-state index in [1.165, 1.54) is 16.9 Å². The van der Waals surface area contributed by atoms with Crippen LogP contribution in [0.25, 0.3) is 0 Å².